The Morgan fingerprint density at radius 3 is 2.68 bits per heavy atom. The van der Waals surface area contributed by atoms with Gasteiger partial charge in [0.05, 0.1) is 6.54 Å². The number of hydrogen-bond acceptors (Lipinski definition) is 4. The standard InChI is InChI=1S/C11H18F3N5/c1-2-3-8(15)6-18-4-5-19-9(7-18)16-17-10(19)11(12,13)14/h8H,2-7,15H2,1H3. The molecule has 5 nitrogen and oxygen atoms in total. The summed E-state index contributed by atoms with van der Waals surface area (Å²) in [5.41, 5.74) is 5.94. The number of alkyl halides is 3. The van der Waals surface area contributed by atoms with Crippen LogP contribution >= 0.6 is 0 Å². The maximum atomic E-state index is 12.7. The van der Waals surface area contributed by atoms with Crippen LogP contribution in [0.2, 0.25) is 0 Å². The van der Waals surface area contributed by atoms with Gasteiger partial charge in [-0.2, -0.15) is 13.2 Å². The molecule has 2 rings (SSSR count). The van der Waals surface area contributed by atoms with E-state index in [-0.39, 0.29) is 12.6 Å². The first kappa shape index (κ1) is 14.3. The van der Waals surface area contributed by atoms with Gasteiger partial charge in [0, 0.05) is 25.7 Å². The van der Waals surface area contributed by atoms with Gasteiger partial charge in [0.25, 0.3) is 0 Å². The fraction of sp³-hybridized carbons (Fsp3) is 0.818. The molecule has 0 fully saturated rings. The second-order valence-electron chi connectivity index (χ2n) is 4.87. The Hall–Kier alpha value is -1.15. The average molecular weight is 277 g/mol. The fourth-order valence-corrected chi connectivity index (χ4v) is 2.37. The van der Waals surface area contributed by atoms with Crippen molar-refractivity contribution in [3.63, 3.8) is 0 Å². The molecule has 1 aromatic heterocycles. The molecule has 8 heteroatoms. The van der Waals surface area contributed by atoms with Crippen molar-refractivity contribution in [2.45, 2.75) is 45.1 Å². The first-order valence-electron chi connectivity index (χ1n) is 6.39. The van der Waals surface area contributed by atoms with E-state index in [0.29, 0.717) is 25.5 Å². The molecule has 0 radical (unpaired) electrons. The third kappa shape index (κ3) is 3.24. The lowest BCUT2D eigenvalue weighted by Crippen LogP contribution is -2.42. The second kappa shape index (κ2) is 5.46. The smallest absolute Gasteiger partial charge is 0.327 e. The molecule has 2 heterocycles. The molecule has 0 aromatic carbocycles. The third-order valence-electron chi connectivity index (χ3n) is 3.24. The zero-order valence-electron chi connectivity index (χ0n) is 10.8. The van der Waals surface area contributed by atoms with E-state index in [4.69, 9.17) is 5.73 Å². The predicted molar refractivity (Wildman–Crippen MR) is 63.2 cm³/mol. The quantitative estimate of drug-likeness (QED) is 0.899. The minimum atomic E-state index is -4.44. The molecule has 1 unspecified atom stereocenters. The Morgan fingerprint density at radius 2 is 2.05 bits per heavy atom. The summed E-state index contributed by atoms with van der Waals surface area (Å²) in [6.07, 6.45) is -2.52. The van der Waals surface area contributed by atoms with Crippen LogP contribution in [-0.4, -0.2) is 38.8 Å². The van der Waals surface area contributed by atoms with Gasteiger partial charge in [-0.15, -0.1) is 10.2 Å². The minimum absolute atomic E-state index is 0.0570. The van der Waals surface area contributed by atoms with E-state index in [9.17, 15) is 13.2 Å². The summed E-state index contributed by atoms with van der Waals surface area (Å²) in [7, 11) is 0. The lowest BCUT2D eigenvalue weighted by atomic mass is 10.1. The van der Waals surface area contributed by atoms with Crippen LogP contribution in [0.4, 0.5) is 13.2 Å². The van der Waals surface area contributed by atoms with E-state index in [1.165, 1.54) is 0 Å². The molecular formula is C11H18F3N5. The average Bonchev–Trinajstić information content (AvgIpc) is 2.71. The number of nitrogens with two attached hydrogens (primary N) is 1. The molecule has 1 aliphatic heterocycles. The maximum Gasteiger partial charge on any atom is 0.451 e. The van der Waals surface area contributed by atoms with Gasteiger partial charge in [-0.1, -0.05) is 13.3 Å². The topological polar surface area (TPSA) is 60.0 Å². The van der Waals surface area contributed by atoms with Crippen molar-refractivity contribution >= 4 is 0 Å². The van der Waals surface area contributed by atoms with Gasteiger partial charge in [-0.3, -0.25) is 4.90 Å². The summed E-state index contributed by atoms with van der Waals surface area (Å²) in [5, 5.41) is 6.89. The van der Waals surface area contributed by atoms with Crippen molar-refractivity contribution in [3.8, 4) is 0 Å². The number of nitrogens with zero attached hydrogens (tertiary/aromatic N) is 4. The highest BCUT2D eigenvalue weighted by atomic mass is 19.4. The van der Waals surface area contributed by atoms with Crippen molar-refractivity contribution in [2.75, 3.05) is 13.1 Å². The monoisotopic (exact) mass is 277 g/mol. The highest BCUT2D eigenvalue weighted by Gasteiger charge is 2.39. The van der Waals surface area contributed by atoms with Crippen LogP contribution in [0.15, 0.2) is 0 Å². The summed E-state index contributed by atoms with van der Waals surface area (Å²) in [4.78, 5) is 2.03. The van der Waals surface area contributed by atoms with Gasteiger partial charge in [0.15, 0.2) is 0 Å². The number of halogens is 3. The zero-order valence-corrected chi connectivity index (χ0v) is 10.8. The van der Waals surface area contributed by atoms with Crippen molar-refractivity contribution in [2.24, 2.45) is 5.73 Å². The summed E-state index contributed by atoms with van der Waals surface area (Å²) >= 11 is 0. The Bertz CT molecular complexity index is 428. The van der Waals surface area contributed by atoms with E-state index >= 15 is 0 Å². The number of hydrogen-bond donors (Lipinski definition) is 1. The van der Waals surface area contributed by atoms with Crippen molar-refractivity contribution < 1.29 is 13.2 Å². The van der Waals surface area contributed by atoms with Gasteiger partial charge in [-0.05, 0) is 6.42 Å². The highest BCUT2D eigenvalue weighted by Crippen LogP contribution is 2.29. The predicted octanol–water partition coefficient (Wildman–Crippen LogP) is 1.24. The Morgan fingerprint density at radius 1 is 1.32 bits per heavy atom. The summed E-state index contributed by atoms with van der Waals surface area (Å²) in [6, 6.07) is 0.0570. The molecule has 1 atom stereocenters. The fourth-order valence-electron chi connectivity index (χ4n) is 2.37. The van der Waals surface area contributed by atoms with Crippen molar-refractivity contribution in [3.05, 3.63) is 11.6 Å². The van der Waals surface area contributed by atoms with Crippen LogP contribution in [0.5, 0.6) is 0 Å². The molecule has 108 valence electrons. The summed E-state index contributed by atoms with van der Waals surface area (Å²) in [5.74, 6) is -0.540. The molecule has 0 bridgehead atoms. The molecule has 0 aliphatic carbocycles. The molecule has 2 N–H and O–H groups in total. The van der Waals surface area contributed by atoms with E-state index in [1.807, 2.05) is 4.90 Å². The van der Waals surface area contributed by atoms with Gasteiger partial charge in [0.2, 0.25) is 5.82 Å². The normalized spacial score (nSPS) is 18.4. The van der Waals surface area contributed by atoms with E-state index < -0.39 is 12.0 Å². The number of rotatable bonds is 4. The van der Waals surface area contributed by atoms with Gasteiger partial charge < -0.3 is 10.3 Å². The van der Waals surface area contributed by atoms with Crippen LogP contribution in [0.25, 0.3) is 0 Å². The third-order valence-corrected chi connectivity index (χ3v) is 3.24. The van der Waals surface area contributed by atoms with Gasteiger partial charge >= 0.3 is 6.18 Å². The van der Waals surface area contributed by atoms with Gasteiger partial charge in [0.1, 0.15) is 5.82 Å². The van der Waals surface area contributed by atoms with Crippen molar-refractivity contribution in [1.29, 1.82) is 0 Å². The van der Waals surface area contributed by atoms with Gasteiger partial charge in [-0.25, -0.2) is 0 Å². The molecule has 1 aromatic rings. The number of aromatic nitrogens is 3. The second-order valence-corrected chi connectivity index (χ2v) is 4.87. The maximum absolute atomic E-state index is 12.7. The highest BCUT2D eigenvalue weighted by molar-refractivity contribution is 5.02. The van der Waals surface area contributed by atoms with E-state index in [2.05, 4.69) is 17.1 Å². The van der Waals surface area contributed by atoms with Crippen LogP contribution in [-0.2, 0) is 19.3 Å². The van der Waals surface area contributed by atoms with E-state index in [0.717, 1.165) is 17.4 Å². The minimum Gasteiger partial charge on any atom is -0.327 e. The van der Waals surface area contributed by atoms with Crippen LogP contribution in [0.3, 0.4) is 0 Å². The molecule has 0 spiro atoms. The zero-order chi connectivity index (χ0) is 14.0. The van der Waals surface area contributed by atoms with Crippen LogP contribution < -0.4 is 5.73 Å². The summed E-state index contributed by atoms with van der Waals surface area (Å²) < 4.78 is 39.1. The molecule has 0 amide bonds. The lowest BCUT2D eigenvalue weighted by Gasteiger charge is -2.29. The Balaban J connectivity index is 2.03. The molecular weight excluding hydrogens is 259 g/mol. The summed E-state index contributed by atoms with van der Waals surface area (Å²) in [6.45, 7) is 3.92. The first-order valence-corrected chi connectivity index (χ1v) is 6.39. The molecule has 0 saturated heterocycles. The molecule has 0 saturated carbocycles. The van der Waals surface area contributed by atoms with Crippen LogP contribution in [0.1, 0.15) is 31.4 Å². The largest absolute Gasteiger partial charge is 0.451 e. The number of fused-ring (bicyclic) bond motifs is 1. The molecule has 1 aliphatic rings. The molecule has 19 heavy (non-hydrogen) atoms. The van der Waals surface area contributed by atoms with E-state index in [1.54, 1.807) is 0 Å². The van der Waals surface area contributed by atoms with Crippen molar-refractivity contribution in [1.82, 2.24) is 19.7 Å². The Labute approximate surface area is 109 Å². The van der Waals surface area contributed by atoms with Crippen LogP contribution in [0, 0.1) is 0 Å². The first-order chi connectivity index (χ1) is 8.91. The Kier molecular flexibility index (Phi) is 4.10. The SMILES string of the molecule is CCCC(N)CN1CCn2c(nnc2C(F)(F)F)C1. The lowest BCUT2D eigenvalue weighted by molar-refractivity contribution is -0.148.